The molecular weight excluding hydrogens is 496 g/mol. The zero-order chi connectivity index (χ0) is 24.7. The van der Waals surface area contributed by atoms with Crippen molar-refractivity contribution in [3.63, 3.8) is 0 Å². The minimum atomic E-state index is -0.371. The van der Waals surface area contributed by atoms with E-state index in [2.05, 4.69) is 20.8 Å². The molecule has 0 fully saturated rings. The maximum Gasteiger partial charge on any atom is 0.292 e. The highest BCUT2D eigenvalue weighted by atomic mass is 35.5. The highest BCUT2D eigenvalue weighted by Crippen LogP contribution is 2.36. The van der Waals surface area contributed by atoms with Crippen molar-refractivity contribution in [2.45, 2.75) is 0 Å². The number of ether oxygens (including phenoxy) is 1. The molecule has 0 saturated heterocycles. The van der Waals surface area contributed by atoms with Crippen molar-refractivity contribution in [3.05, 3.63) is 114 Å². The lowest BCUT2D eigenvalue weighted by Crippen LogP contribution is -2.10. The molecule has 3 aromatic carbocycles. The van der Waals surface area contributed by atoms with E-state index in [0.717, 1.165) is 16.9 Å². The number of carbonyl (C=O) groups is 1. The van der Waals surface area contributed by atoms with Crippen LogP contribution in [0.25, 0.3) is 11.3 Å². The summed E-state index contributed by atoms with van der Waals surface area (Å²) in [5.74, 6) is 1.29. The first-order valence-electron chi connectivity index (χ1n) is 10.9. The Morgan fingerprint density at radius 3 is 2.56 bits per heavy atom. The third-order valence-electron chi connectivity index (χ3n) is 4.93. The van der Waals surface area contributed by atoms with Gasteiger partial charge in [-0.15, -0.1) is 0 Å². The number of furan rings is 1. The first kappa shape index (κ1) is 23.3. The summed E-state index contributed by atoms with van der Waals surface area (Å²) in [4.78, 5) is 17.2. The molecule has 0 aliphatic heterocycles. The van der Waals surface area contributed by atoms with Crippen molar-refractivity contribution >= 4 is 45.2 Å². The number of nitrogens with one attached hydrogen (secondary N) is 2. The van der Waals surface area contributed by atoms with E-state index >= 15 is 0 Å². The monoisotopic (exact) mass is 514 g/mol. The number of thiazole rings is 1. The van der Waals surface area contributed by atoms with Crippen LogP contribution in [0.15, 0.2) is 107 Å². The molecule has 5 rings (SSSR count). The van der Waals surface area contributed by atoms with Gasteiger partial charge in [0.05, 0.1) is 12.5 Å². The Morgan fingerprint density at radius 1 is 0.972 bits per heavy atom. The maximum atomic E-state index is 12.6. The minimum Gasteiger partial charge on any atom is -0.459 e. The number of aromatic nitrogens is 1. The standard InChI is InChI=1S/C27H19ClN4O3S/c28-20-13-11-19(12-14-20)24-26(31-25(33)23-10-5-15-34-23)36-27(30-24)32-29-17-18-6-4-9-22(16-18)35-21-7-2-1-3-8-21/h1-17H,(H,30,32)(H,31,33)/b29-17+. The third-order valence-corrected chi connectivity index (χ3v) is 6.06. The van der Waals surface area contributed by atoms with Gasteiger partial charge in [0.25, 0.3) is 5.91 Å². The quantitative estimate of drug-likeness (QED) is 0.165. The van der Waals surface area contributed by atoms with Gasteiger partial charge < -0.3 is 14.5 Å². The fraction of sp³-hybridized carbons (Fsp3) is 0. The molecule has 36 heavy (non-hydrogen) atoms. The normalized spacial score (nSPS) is 10.9. The Balaban J connectivity index is 1.33. The lowest BCUT2D eigenvalue weighted by Gasteiger charge is -2.05. The van der Waals surface area contributed by atoms with Crippen LogP contribution in [0.5, 0.6) is 11.5 Å². The predicted molar refractivity (Wildman–Crippen MR) is 143 cm³/mol. The van der Waals surface area contributed by atoms with Crippen LogP contribution in [0.1, 0.15) is 16.1 Å². The van der Waals surface area contributed by atoms with Gasteiger partial charge in [0.2, 0.25) is 5.13 Å². The van der Waals surface area contributed by atoms with Gasteiger partial charge in [0, 0.05) is 10.6 Å². The van der Waals surface area contributed by atoms with Gasteiger partial charge in [-0.25, -0.2) is 4.98 Å². The first-order chi connectivity index (χ1) is 17.6. The molecule has 2 heterocycles. The first-order valence-corrected chi connectivity index (χ1v) is 12.1. The predicted octanol–water partition coefficient (Wildman–Crippen LogP) is 7.55. The van der Waals surface area contributed by atoms with E-state index in [0.29, 0.717) is 26.6 Å². The van der Waals surface area contributed by atoms with E-state index < -0.39 is 0 Å². The third kappa shape index (κ3) is 5.80. The van der Waals surface area contributed by atoms with Crippen molar-refractivity contribution in [2.75, 3.05) is 10.7 Å². The molecule has 0 aliphatic carbocycles. The smallest absolute Gasteiger partial charge is 0.292 e. The van der Waals surface area contributed by atoms with Crippen molar-refractivity contribution in [1.82, 2.24) is 4.98 Å². The fourth-order valence-electron chi connectivity index (χ4n) is 3.27. The Hall–Kier alpha value is -4.40. The van der Waals surface area contributed by atoms with Crippen LogP contribution >= 0.6 is 22.9 Å². The number of para-hydroxylation sites is 1. The minimum absolute atomic E-state index is 0.204. The van der Waals surface area contributed by atoms with E-state index in [9.17, 15) is 4.79 Å². The number of hydrogen-bond acceptors (Lipinski definition) is 7. The molecule has 2 N–H and O–H groups in total. The summed E-state index contributed by atoms with van der Waals surface area (Å²) in [7, 11) is 0. The summed E-state index contributed by atoms with van der Waals surface area (Å²) in [5.41, 5.74) is 5.18. The van der Waals surface area contributed by atoms with Crippen molar-refractivity contribution in [3.8, 4) is 22.8 Å². The zero-order valence-electron chi connectivity index (χ0n) is 18.7. The molecule has 2 aromatic heterocycles. The molecular formula is C27H19ClN4O3S. The van der Waals surface area contributed by atoms with Gasteiger partial charge in [-0.2, -0.15) is 5.10 Å². The van der Waals surface area contributed by atoms with E-state index in [1.54, 1.807) is 30.5 Å². The Labute approximate surface area is 216 Å². The van der Waals surface area contributed by atoms with Crippen LogP contribution in [0.4, 0.5) is 10.1 Å². The largest absolute Gasteiger partial charge is 0.459 e. The lowest BCUT2D eigenvalue weighted by atomic mass is 10.1. The molecule has 7 nitrogen and oxygen atoms in total. The number of halogens is 1. The zero-order valence-corrected chi connectivity index (χ0v) is 20.3. The van der Waals surface area contributed by atoms with Crippen molar-refractivity contribution < 1.29 is 13.9 Å². The molecule has 0 spiro atoms. The topological polar surface area (TPSA) is 88.8 Å². The molecule has 9 heteroatoms. The van der Waals surface area contributed by atoms with E-state index in [1.165, 1.54) is 17.6 Å². The van der Waals surface area contributed by atoms with Gasteiger partial charge in [-0.05, 0) is 54.1 Å². The van der Waals surface area contributed by atoms with Crippen LogP contribution < -0.4 is 15.5 Å². The van der Waals surface area contributed by atoms with E-state index in [-0.39, 0.29) is 11.7 Å². The number of rotatable bonds is 8. The average Bonchev–Trinajstić information content (AvgIpc) is 3.56. The number of hydrazone groups is 1. The Kier molecular flexibility index (Phi) is 7.07. The van der Waals surface area contributed by atoms with Gasteiger partial charge in [0.1, 0.15) is 22.2 Å². The molecule has 0 aliphatic rings. The summed E-state index contributed by atoms with van der Waals surface area (Å²) < 4.78 is 11.1. The number of hydrogen-bond donors (Lipinski definition) is 2. The molecule has 0 unspecified atom stereocenters. The Bertz CT molecular complexity index is 1480. The maximum absolute atomic E-state index is 12.6. The van der Waals surface area contributed by atoms with Crippen LogP contribution in [0, 0.1) is 0 Å². The second-order valence-electron chi connectivity index (χ2n) is 7.49. The second-order valence-corrected chi connectivity index (χ2v) is 8.93. The van der Waals surface area contributed by atoms with Gasteiger partial charge in [-0.1, -0.05) is 65.4 Å². The number of nitrogens with zero attached hydrogens (tertiary/aromatic N) is 2. The van der Waals surface area contributed by atoms with Crippen LogP contribution in [0.2, 0.25) is 5.02 Å². The SMILES string of the molecule is O=C(Nc1sc(N/N=C/c2cccc(Oc3ccccc3)c2)nc1-c1ccc(Cl)cc1)c1ccco1. The summed E-state index contributed by atoms with van der Waals surface area (Å²) in [6.07, 6.45) is 3.12. The summed E-state index contributed by atoms with van der Waals surface area (Å²) >= 11 is 7.30. The van der Waals surface area contributed by atoms with E-state index in [4.69, 9.17) is 20.8 Å². The van der Waals surface area contributed by atoms with Crippen LogP contribution in [-0.4, -0.2) is 17.1 Å². The average molecular weight is 515 g/mol. The van der Waals surface area contributed by atoms with Gasteiger partial charge in [0.15, 0.2) is 5.76 Å². The fourth-order valence-corrected chi connectivity index (χ4v) is 4.23. The van der Waals surface area contributed by atoms with E-state index in [1.807, 2.05) is 66.7 Å². The molecule has 1 amide bonds. The highest BCUT2D eigenvalue weighted by molar-refractivity contribution is 7.20. The van der Waals surface area contributed by atoms with Gasteiger partial charge >= 0.3 is 0 Å². The number of benzene rings is 3. The molecule has 0 radical (unpaired) electrons. The van der Waals surface area contributed by atoms with Crippen molar-refractivity contribution in [1.29, 1.82) is 0 Å². The molecule has 178 valence electrons. The number of anilines is 2. The molecule has 0 atom stereocenters. The summed E-state index contributed by atoms with van der Waals surface area (Å²) in [5, 5.41) is 8.84. The molecule has 0 saturated carbocycles. The Morgan fingerprint density at radius 2 is 1.78 bits per heavy atom. The highest BCUT2D eigenvalue weighted by Gasteiger charge is 2.17. The second kappa shape index (κ2) is 10.9. The molecule has 5 aromatic rings. The molecule has 0 bridgehead atoms. The van der Waals surface area contributed by atoms with Crippen molar-refractivity contribution in [2.24, 2.45) is 5.10 Å². The number of carbonyl (C=O) groups excluding carboxylic acids is 1. The lowest BCUT2D eigenvalue weighted by molar-refractivity contribution is 0.0997. The van der Waals surface area contributed by atoms with Crippen LogP contribution in [-0.2, 0) is 0 Å². The summed E-state index contributed by atoms with van der Waals surface area (Å²) in [6, 6.07) is 27.6. The van der Waals surface area contributed by atoms with Crippen LogP contribution in [0.3, 0.4) is 0 Å². The van der Waals surface area contributed by atoms with Gasteiger partial charge in [-0.3, -0.25) is 10.2 Å². The summed E-state index contributed by atoms with van der Waals surface area (Å²) in [6.45, 7) is 0. The number of amides is 1.